The minimum absolute atomic E-state index is 0.719. The summed E-state index contributed by atoms with van der Waals surface area (Å²) in [5, 5.41) is 12.9. The Kier molecular flexibility index (Phi) is 4.97. The van der Waals surface area contributed by atoms with E-state index in [1.807, 2.05) is 60.7 Å². The molecule has 0 bridgehead atoms. The van der Waals surface area contributed by atoms with Crippen LogP contribution in [0.4, 0.5) is 5.69 Å². The van der Waals surface area contributed by atoms with E-state index in [0.717, 1.165) is 35.4 Å². The second-order valence-electron chi connectivity index (χ2n) is 4.57. The Morgan fingerprint density at radius 3 is 2.15 bits per heavy atom. The van der Waals surface area contributed by atoms with Crippen molar-refractivity contribution in [1.29, 1.82) is 5.26 Å². The molecule has 0 fully saturated rings. The lowest BCUT2D eigenvalue weighted by molar-refractivity contribution is 0.913. The minimum atomic E-state index is 0.719. The van der Waals surface area contributed by atoms with Crippen molar-refractivity contribution in [2.24, 2.45) is 0 Å². The van der Waals surface area contributed by atoms with Crippen LogP contribution in [0, 0.1) is 11.3 Å². The maximum absolute atomic E-state index is 9.51. The summed E-state index contributed by atoms with van der Waals surface area (Å²) in [4.78, 5) is 0. The molecule has 2 nitrogen and oxygen atoms in total. The van der Waals surface area contributed by atoms with Gasteiger partial charge in [0.05, 0.1) is 5.57 Å². The number of anilines is 1. The first-order valence-corrected chi connectivity index (χ1v) is 6.86. The van der Waals surface area contributed by atoms with Crippen molar-refractivity contribution in [3.05, 3.63) is 71.9 Å². The van der Waals surface area contributed by atoms with Crippen molar-refractivity contribution in [1.82, 2.24) is 0 Å². The van der Waals surface area contributed by atoms with Crippen LogP contribution in [0.25, 0.3) is 5.57 Å². The van der Waals surface area contributed by atoms with Crippen LogP contribution in [0.1, 0.15) is 25.3 Å². The molecule has 2 rings (SSSR count). The van der Waals surface area contributed by atoms with Gasteiger partial charge in [0.15, 0.2) is 0 Å². The number of benzene rings is 2. The average Bonchev–Trinajstić information content (AvgIpc) is 2.50. The summed E-state index contributed by atoms with van der Waals surface area (Å²) in [5.41, 5.74) is 3.67. The molecular formula is C18H18N2. The van der Waals surface area contributed by atoms with Gasteiger partial charge in [-0.3, -0.25) is 0 Å². The van der Waals surface area contributed by atoms with Gasteiger partial charge in [0.2, 0.25) is 0 Å². The normalized spacial score (nSPS) is 11.4. The third kappa shape index (κ3) is 3.49. The molecule has 0 radical (unpaired) electrons. The van der Waals surface area contributed by atoms with Crippen molar-refractivity contribution >= 4 is 11.3 Å². The van der Waals surface area contributed by atoms with Gasteiger partial charge >= 0.3 is 0 Å². The molecule has 1 N–H and O–H groups in total. The summed E-state index contributed by atoms with van der Waals surface area (Å²) in [7, 11) is 0. The average molecular weight is 262 g/mol. The van der Waals surface area contributed by atoms with E-state index in [9.17, 15) is 5.26 Å². The number of nitrogens with zero attached hydrogens (tertiary/aromatic N) is 1. The maximum Gasteiger partial charge on any atom is 0.102 e. The zero-order chi connectivity index (χ0) is 14.2. The molecular weight excluding hydrogens is 244 g/mol. The Labute approximate surface area is 120 Å². The highest BCUT2D eigenvalue weighted by molar-refractivity contribution is 5.81. The molecule has 0 spiro atoms. The zero-order valence-electron chi connectivity index (χ0n) is 11.6. The summed E-state index contributed by atoms with van der Waals surface area (Å²) in [6.07, 6.45) is 1.85. The zero-order valence-corrected chi connectivity index (χ0v) is 11.6. The lowest BCUT2D eigenvalue weighted by Gasteiger charge is -2.13. The van der Waals surface area contributed by atoms with Crippen molar-refractivity contribution in [3.8, 4) is 6.07 Å². The van der Waals surface area contributed by atoms with Crippen molar-refractivity contribution in [2.75, 3.05) is 5.32 Å². The van der Waals surface area contributed by atoms with Gasteiger partial charge in [-0.05, 0) is 24.1 Å². The summed E-state index contributed by atoms with van der Waals surface area (Å²) in [5.74, 6) is 0. The van der Waals surface area contributed by atoms with E-state index < -0.39 is 0 Å². The predicted octanol–water partition coefficient (Wildman–Crippen LogP) is 4.83. The molecule has 0 unspecified atom stereocenters. The molecule has 0 amide bonds. The molecule has 20 heavy (non-hydrogen) atoms. The van der Waals surface area contributed by atoms with Gasteiger partial charge in [0, 0.05) is 11.4 Å². The van der Waals surface area contributed by atoms with Gasteiger partial charge in [0.25, 0.3) is 0 Å². The van der Waals surface area contributed by atoms with Gasteiger partial charge in [-0.25, -0.2) is 0 Å². The molecule has 100 valence electrons. The van der Waals surface area contributed by atoms with Crippen LogP contribution in [0.5, 0.6) is 0 Å². The number of para-hydroxylation sites is 1. The highest BCUT2D eigenvalue weighted by atomic mass is 14.9. The number of nitrogens with one attached hydrogen (secondary N) is 1. The van der Waals surface area contributed by atoms with Gasteiger partial charge in [-0.15, -0.1) is 0 Å². The fraction of sp³-hybridized carbons (Fsp3) is 0.167. The van der Waals surface area contributed by atoms with E-state index in [0.29, 0.717) is 0 Å². The molecule has 2 aromatic carbocycles. The van der Waals surface area contributed by atoms with Gasteiger partial charge in [0.1, 0.15) is 6.07 Å². The van der Waals surface area contributed by atoms with E-state index in [4.69, 9.17) is 0 Å². The summed E-state index contributed by atoms with van der Waals surface area (Å²) in [6.45, 7) is 2.12. The fourth-order valence-corrected chi connectivity index (χ4v) is 2.11. The summed E-state index contributed by atoms with van der Waals surface area (Å²) < 4.78 is 0. The van der Waals surface area contributed by atoms with Crippen molar-refractivity contribution in [3.63, 3.8) is 0 Å². The van der Waals surface area contributed by atoms with Gasteiger partial charge < -0.3 is 5.32 Å². The van der Waals surface area contributed by atoms with Crippen LogP contribution in [0.2, 0.25) is 0 Å². The predicted molar refractivity (Wildman–Crippen MR) is 83.9 cm³/mol. The van der Waals surface area contributed by atoms with Crippen LogP contribution in [-0.4, -0.2) is 0 Å². The second kappa shape index (κ2) is 7.16. The molecule has 2 aromatic rings. The topological polar surface area (TPSA) is 35.8 Å². The van der Waals surface area contributed by atoms with Crippen LogP contribution in [0.3, 0.4) is 0 Å². The summed E-state index contributed by atoms with van der Waals surface area (Å²) >= 11 is 0. The van der Waals surface area contributed by atoms with Crippen LogP contribution in [0.15, 0.2) is 66.4 Å². The van der Waals surface area contributed by atoms with E-state index in [1.54, 1.807) is 0 Å². The number of hydrogen-bond donors (Lipinski definition) is 1. The quantitative estimate of drug-likeness (QED) is 0.783. The smallest absolute Gasteiger partial charge is 0.102 e. The second-order valence-corrected chi connectivity index (χ2v) is 4.57. The van der Waals surface area contributed by atoms with Crippen LogP contribution < -0.4 is 5.32 Å². The maximum atomic E-state index is 9.51. The molecule has 0 aliphatic heterocycles. The SMILES string of the molecule is CCCC(Nc1ccccc1)=C(C#N)c1ccccc1. The highest BCUT2D eigenvalue weighted by Crippen LogP contribution is 2.23. The van der Waals surface area contributed by atoms with Crippen LogP contribution >= 0.6 is 0 Å². The molecule has 0 aliphatic carbocycles. The lowest BCUT2D eigenvalue weighted by atomic mass is 10.0. The number of allylic oxidation sites excluding steroid dienone is 2. The molecule has 0 heterocycles. The first-order valence-electron chi connectivity index (χ1n) is 6.86. The summed E-state index contributed by atoms with van der Waals surface area (Å²) in [6, 6.07) is 22.1. The highest BCUT2D eigenvalue weighted by Gasteiger charge is 2.08. The van der Waals surface area contributed by atoms with Gasteiger partial charge in [-0.2, -0.15) is 5.26 Å². The standard InChI is InChI=1S/C18H18N2/c1-2-9-18(20-16-12-7-4-8-13-16)17(14-19)15-10-5-3-6-11-15/h3-8,10-13,20H,2,9H2,1H3. The fourth-order valence-electron chi connectivity index (χ4n) is 2.11. The molecule has 0 aliphatic rings. The van der Waals surface area contributed by atoms with Gasteiger partial charge in [-0.1, -0.05) is 61.9 Å². The number of rotatable bonds is 5. The largest absolute Gasteiger partial charge is 0.358 e. The Hall–Kier alpha value is -2.53. The lowest BCUT2D eigenvalue weighted by Crippen LogP contribution is -2.03. The van der Waals surface area contributed by atoms with E-state index in [2.05, 4.69) is 18.3 Å². The monoisotopic (exact) mass is 262 g/mol. The first kappa shape index (κ1) is 13.9. The Morgan fingerprint density at radius 2 is 1.60 bits per heavy atom. The first-order chi connectivity index (χ1) is 9.85. The minimum Gasteiger partial charge on any atom is -0.358 e. The van der Waals surface area contributed by atoms with Crippen molar-refractivity contribution < 1.29 is 0 Å². The van der Waals surface area contributed by atoms with Crippen molar-refractivity contribution in [2.45, 2.75) is 19.8 Å². The Bertz CT molecular complexity index is 607. The Balaban J connectivity index is 2.39. The van der Waals surface area contributed by atoms with Crippen LogP contribution in [-0.2, 0) is 0 Å². The van der Waals surface area contributed by atoms with E-state index in [-0.39, 0.29) is 0 Å². The number of hydrogen-bond acceptors (Lipinski definition) is 2. The molecule has 0 saturated carbocycles. The Morgan fingerprint density at radius 1 is 1.00 bits per heavy atom. The molecule has 0 aromatic heterocycles. The van der Waals surface area contributed by atoms with E-state index in [1.165, 1.54) is 0 Å². The number of nitriles is 1. The molecule has 0 saturated heterocycles. The third-order valence-electron chi connectivity index (χ3n) is 3.05. The molecule has 2 heteroatoms. The molecule has 0 atom stereocenters. The van der Waals surface area contributed by atoms with E-state index >= 15 is 0 Å². The third-order valence-corrected chi connectivity index (χ3v) is 3.05.